The summed E-state index contributed by atoms with van der Waals surface area (Å²) in [4.78, 5) is 26.1. The van der Waals surface area contributed by atoms with Crippen LogP contribution in [-0.2, 0) is 7.05 Å². The minimum Gasteiger partial charge on any atom is -0.370 e. The second-order valence-electron chi connectivity index (χ2n) is 6.45. The number of amides is 1. The number of hydrogen-bond donors (Lipinski definition) is 1. The number of rotatable bonds is 4. The van der Waals surface area contributed by atoms with E-state index in [2.05, 4.69) is 15.3 Å². The van der Waals surface area contributed by atoms with Crippen LogP contribution in [0.3, 0.4) is 0 Å². The molecule has 132 valence electrons. The lowest BCUT2D eigenvalue weighted by molar-refractivity contribution is 0.0947. The van der Waals surface area contributed by atoms with Crippen molar-refractivity contribution in [2.45, 2.75) is 13.3 Å². The van der Waals surface area contributed by atoms with Crippen LogP contribution in [-0.4, -0.2) is 35.3 Å². The quantitative estimate of drug-likeness (QED) is 0.912. The van der Waals surface area contributed by atoms with Gasteiger partial charge in [0.2, 0.25) is 0 Å². The fraction of sp³-hybridized carbons (Fsp3) is 0.389. The maximum atomic E-state index is 13.1. The van der Waals surface area contributed by atoms with Gasteiger partial charge >= 0.3 is 0 Å². The van der Waals surface area contributed by atoms with E-state index in [4.69, 9.17) is 0 Å². The zero-order valence-corrected chi connectivity index (χ0v) is 14.3. The van der Waals surface area contributed by atoms with Crippen LogP contribution in [0.25, 0.3) is 0 Å². The molecule has 0 spiro atoms. The average molecular weight is 344 g/mol. The maximum Gasteiger partial charge on any atom is 0.268 e. The van der Waals surface area contributed by atoms with E-state index in [0.717, 1.165) is 25.2 Å². The molecule has 2 aromatic rings. The van der Waals surface area contributed by atoms with E-state index in [1.165, 1.54) is 22.9 Å². The highest BCUT2D eigenvalue weighted by Gasteiger charge is 2.24. The van der Waals surface area contributed by atoms with E-state index >= 15 is 0 Å². The zero-order valence-electron chi connectivity index (χ0n) is 14.3. The number of hydrogen-bond acceptors (Lipinski definition) is 4. The molecule has 0 aliphatic carbocycles. The van der Waals surface area contributed by atoms with Crippen LogP contribution in [0.5, 0.6) is 0 Å². The van der Waals surface area contributed by atoms with Gasteiger partial charge in [0.05, 0.1) is 11.9 Å². The number of aromatic nitrogens is 2. The Labute approximate surface area is 145 Å². The lowest BCUT2D eigenvalue weighted by Gasteiger charge is -2.18. The van der Waals surface area contributed by atoms with Crippen molar-refractivity contribution in [1.82, 2.24) is 15.1 Å². The fourth-order valence-corrected chi connectivity index (χ4v) is 3.08. The van der Waals surface area contributed by atoms with Gasteiger partial charge < -0.3 is 10.2 Å². The summed E-state index contributed by atoms with van der Waals surface area (Å²) in [6.45, 7) is 3.85. The summed E-state index contributed by atoms with van der Waals surface area (Å²) in [5.74, 6) is -0.233. The Hall–Kier alpha value is -2.70. The summed E-state index contributed by atoms with van der Waals surface area (Å²) in [6.07, 6.45) is 2.61. The van der Waals surface area contributed by atoms with E-state index in [9.17, 15) is 14.0 Å². The lowest BCUT2D eigenvalue weighted by Crippen LogP contribution is -2.31. The first-order valence-corrected chi connectivity index (χ1v) is 8.26. The molecule has 2 heterocycles. The molecule has 3 rings (SSSR count). The molecule has 1 unspecified atom stereocenters. The van der Waals surface area contributed by atoms with Gasteiger partial charge in [-0.3, -0.25) is 9.59 Å². The molecule has 0 radical (unpaired) electrons. The summed E-state index contributed by atoms with van der Waals surface area (Å²) < 4.78 is 14.4. The van der Waals surface area contributed by atoms with Crippen molar-refractivity contribution in [3.63, 3.8) is 0 Å². The fourth-order valence-electron chi connectivity index (χ4n) is 3.08. The minimum absolute atomic E-state index is 0.138. The molecule has 1 fully saturated rings. The summed E-state index contributed by atoms with van der Waals surface area (Å²) in [7, 11) is 1.62. The second-order valence-corrected chi connectivity index (χ2v) is 6.45. The first kappa shape index (κ1) is 17.1. The van der Waals surface area contributed by atoms with Gasteiger partial charge in [0.1, 0.15) is 5.82 Å². The molecular weight excluding hydrogens is 323 g/mol. The molecule has 7 heteroatoms. The van der Waals surface area contributed by atoms with Crippen LogP contribution in [0.1, 0.15) is 22.3 Å². The number of anilines is 1. The molecule has 1 saturated heterocycles. The van der Waals surface area contributed by atoms with Crippen molar-refractivity contribution in [2.75, 3.05) is 24.5 Å². The topological polar surface area (TPSA) is 67.2 Å². The predicted octanol–water partition coefficient (Wildman–Crippen LogP) is 1.48. The first-order valence-electron chi connectivity index (χ1n) is 8.26. The van der Waals surface area contributed by atoms with E-state index in [1.807, 2.05) is 0 Å². The Balaban J connectivity index is 1.57. The van der Waals surface area contributed by atoms with Gasteiger partial charge in [-0.15, -0.1) is 0 Å². The van der Waals surface area contributed by atoms with Gasteiger partial charge in [0.25, 0.3) is 11.5 Å². The summed E-state index contributed by atoms with van der Waals surface area (Å²) >= 11 is 0. The molecule has 6 nitrogen and oxygen atoms in total. The SMILES string of the molecule is Cc1cc(F)ccc1C(=O)NCC1CCN(c2cnn(C)c(=O)c2)C1. The highest BCUT2D eigenvalue weighted by Crippen LogP contribution is 2.21. The highest BCUT2D eigenvalue weighted by molar-refractivity contribution is 5.95. The molecule has 1 N–H and O–H groups in total. The van der Waals surface area contributed by atoms with E-state index in [-0.39, 0.29) is 17.3 Å². The van der Waals surface area contributed by atoms with Crippen molar-refractivity contribution in [1.29, 1.82) is 0 Å². The van der Waals surface area contributed by atoms with Crippen molar-refractivity contribution in [3.05, 3.63) is 57.8 Å². The zero-order chi connectivity index (χ0) is 18.0. The molecule has 1 aliphatic heterocycles. The largest absolute Gasteiger partial charge is 0.370 e. The van der Waals surface area contributed by atoms with E-state index in [0.29, 0.717) is 23.6 Å². The van der Waals surface area contributed by atoms with Crippen LogP contribution in [0, 0.1) is 18.7 Å². The molecule has 1 aromatic carbocycles. The maximum absolute atomic E-state index is 13.1. The van der Waals surface area contributed by atoms with Crippen molar-refractivity contribution in [3.8, 4) is 0 Å². The second kappa shape index (κ2) is 7.04. The van der Waals surface area contributed by atoms with Gasteiger partial charge in [0, 0.05) is 38.3 Å². The van der Waals surface area contributed by atoms with Crippen molar-refractivity contribution in [2.24, 2.45) is 13.0 Å². The number of benzene rings is 1. The molecule has 1 atom stereocenters. The minimum atomic E-state index is -0.344. The first-order chi connectivity index (χ1) is 11.9. The van der Waals surface area contributed by atoms with Gasteiger partial charge in [0.15, 0.2) is 0 Å². The van der Waals surface area contributed by atoms with Crippen LogP contribution in [0.15, 0.2) is 35.3 Å². The van der Waals surface area contributed by atoms with Crippen molar-refractivity contribution < 1.29 is 9.18 Å². The molecule has 0 saturated carbocycles. The average Bonchev–Trinajstić information content (AvgIpc) is 3.04. The standard InChI is InChI=1S/C18H21FN4O2/c1-12-7-14(19)3-4-16(12)18(25)20-9-13-5-6-23(11-13)15-8-17(24)22(2)21-10-15/h3-4,7-8,10,13H,5-6,9,11H2,1-2H3,(H,20,25). The Bertz CT molecular complexity index is 849. The number of carbonyl (C=O) groups is 1. The third kappa shape index (κ3) is 3.87. The van der Waals surface area contributed by atoms with Gasteiger partial charge in [-0.25, -0.2) is 9.07 Å². The van der Waals surface area contributed by atoms with Gasteiger partial charge in [-0.05, 0) is 43.0 Å². The van der Waals surface area contributed by atoms with Gasteiger partial charge in [-0.2, -0.15) is 5.10 Å². The van der Waals surface area contributed by atoms with Crippen LogP contribution >= 0.6 is 0 Å². The Morgan fingerprint density at radius 3 is 2.92 bits per heavy atom. The Morgan fingerprint density at radius 1 is 1.40 bits per heavy atom. The highest BCUT2D eigenvalue weighted by atomic mass is 19.1. The summed E-state index contributed by atoms with van der Waals surface area (Å²) in [6, 6.07) is 5.74. The van der Waals surface area contributed by atoms with Crippen LogP contribution in [0.4, 0.5) is 10.1 Å². The monoisotopic (exact) mass is 344 g/mol. The van der Waals surface area contributed by atoms with Crippen LogP contribution < -0.4 is 15.8 Å². The van der Waals surface area contributed by atoms with E-state index in [1.54, 1.807) is 26.2 Å². The molecular formula is C18H21FN4O2. The normalized spacial score (nSPS) is 16.9. The van der Waals surface area contributed by atoms with Crippen molar-refractivity contribution >= 4 is 11.6 Å². The Kier molecular flexibility index (Phi) is 4.83. The lowest BCUT2D eigenvalue weighted by atomic mass is 10.1. The third-order valence-electron chi connectivity index (χ3n) is 4.59. The molecule has 0 bridgehead atoms. The molecule has 1 amide bonds. The van der Waals surface area contributed by atoms with E-state index < -0.39 is 0 Å². The molecule has 25 heavy (non-hydrogen) atoms. The number of halogens is 1. The molecule has 1 aromatic heterocycles. The van der Waals surface area contributed by atoms with Crippen LogP contribution in [0.2, 0.25) is 0 Å². The summed E-state index contributed by atoms with van der Waals surface area (Å²) in [5.41, 5.74) is 1.79. The number of carbonyl (C=O) groups excluding carboxylic acids is 1. The number of nitrogens with one attached hydrogen (secondary N) is 1. The number of nitrogens with zero attached hydrogens (tertiary/aromatic N) is 3. The Morgan fingerprint density at radius 2 is 2.20 bits per heavy atom. The smallest absolute Gasteiger partial charge is 0.268 e. The van der Waals surface area contributed by atoms with Gasteiger partial charge in [-0.1, -0.05) is 0 Å². The molecule has 1 aliphatic rings. The predicted molar refractivity (Wildman–Crippen MR) is 93.3 cm³/mol. The third-order valence-corrected chi connectivity index (χ3v) is 4.59. The summed E-state index contributed by atoms with van der Waals surface area (Å²) in [5, 5.41) is 6.97. The number of aryl methyl sites for hydroxylation is 2.